The van der Waals surface area contributed by atoms with Crippen LogP contribution in [0.2, 0.25) is 5.02 Å². The highest BCUT2D eigenvalue weighted by Gasteiger charge is 2.36. The van der Waals surface area contributed by atoms with Gasteiger partial charge in [-0.1, -0.05) is 51.8 Å². The molecule has 4 amide bonds. The van der Waals surface area contributed by atoms with E-state index in [4.69, 9.17) is 16.3 Å². The molecule has 8 heteroatoms. The van der Waals surface area contributed by atoms with Crippen LogP contribution in [-0.4, -0.2) is 17.8 Å². The fourth-order valence-corrected chi connectivity index (χ4v) is 3.90. The molecule has 1 fully saturated rings. The van der Waals surface area contributed by atoms with Crippen LogP contribution in [0.5, 0.6) is 5.75 Å². The number of hydrogen-bond donors (Lipinski definition) is 1. The number of aryl methyl sites for hydroxylation is 2. The Balaban J connectivity index is 1.56. The number of nitrogens with zero attached hydrogens (tertiary/aromatic N) is 1. The lowest BCUT2D eigenvalue weighted by molar-refractivity contribution is -0.122. The number of benzene rings is 3. The number of ether oxygens (including phenoxy) is 1. The van der Waals surface area contributed by atoms with Crippen LogP contribution in [0.25, 0.3) is 6.08 Å². The number of barbiturate groups is 1. The lowest BCUT2D eigenvalue weighted by Gasteiger charge is -2.26. The van der Waals surface area contributed by atoms with Crippen molar-refractivity contribution in [3.8, 4) is 5.75 Å². The second-order valence-electron chi connectivity index (χ2n) is 7.83. The minimum atomic E-state index is -0.787. The molecule has 1 aliphatic rings. The summed E-state index contributed by atoms with van der Waals surface area (Å²) in [6.07, 6.45) is 1.41. The Morgan fingerprint density at radius 2 is 1.71 bits per heavy atom. The number of carbonyl (C=O) groups is 3. The zero-order valence-electron chi connectivity index (χ0n) is 18.4. The topological polar surface area (TPSA) is 75.7 Å². The van der Waals surface area contributed by atoms with Gasteiger partial charge < -0.3 is 4.74 Å². The van der Waals surface area contributed by atoms with Gasteiger partial charge in [-0.05, 0) is 78.6 Å². The minimum absolute atomic E-state index is 0.169. The summed E-state index contributed by atoms with van der Waals surface area (Å²) in [5.41, 5.74) is 3.67. The number of rotatable bonds is 5. The number of anilines is 1. The molecule has 1 aliphatic heterocycles. The summed E-state index contributed by atoms with van der Waals surface area (Å²) >= 11 is 9.77. The van der Waals surface area contributed by atoms with E-state index in [2.05, 4.69) is 21.2 Å². The van der Waals surface area contributed by atoms with Crippen LogP contribution in [-0.2, 0) is 16.2 Å². The van der Waals surface area contributed by atoms with Gasteiger partial charge in [0.25, 0.3) is 11.8 Å². The molecule has 34 heavy (non-hydrogen) atoms. The molecule has 0 unspecified atom stereocenters. The molecule has 0 aromatic heterocycles. The Hall–Kier alpha value is -3.42. The molecule has 0 aliphatic carbocycles. The molecular formula is C26H20BrClN2O4. The van der Waals surface area contributed by atoms with E-state index in [0.717, 1.165) is 26.1 Å². The Labute approximate surface area is 210 Å². The fraction of sp³-hybridized carbons (Fsp3) is 0.115. The zero-order chi connectivity index (χ0) is 24.4. The maximum Gasteiger partial charge on any atom is 0.335 e. The first-order valence-electron chi connectivity index (χ1n) is 10.4. The summed E-state index contributed by atoms with van der Waals surface area (Å²) in [5.74, 6) is -0.997. The van der Waals surface area contributed by atoms with Crippen LogP contribution in [0.1, 0.15) is 22.3 Å². The van der Waals surface area contributed by atoms with E-state index in [9.17, 15) is 14.4 Å². The van der Waals surface area contributed by atoms with Gasteiger partial charge >= 0.3 is 6.03 Å². The molecule has 1 saturated heterocycles. The summed E-state index contributed by atoms with van der Waals surface area (Å²) < 4.78 is 6.77. The predicted octanol–water partition coefficient (Wildman–Crippen LogP) is 5.96. The third kappa shape index (κ3) is 5.05. The van der Waals surface area contributed by atoms with Gasteiger partial charge in [0, 0.05) is 4.47 Å². The van der Waals surface area contributed by atoms with Crippen molar-refractivity contribution in [2.75, 3.05) is 4.90 Å². The first-order chi connectivity index (χ1) is 16.2. The van der Waals surface area contributed by atoms with Crippen LogP contribution in [0.4, 0.5) is 10.5 Å². The van der Waals surface area contributed by atoms with Crippen molar-refractivity contribution in [2.24, 2.45) is 0 Å². The van der Waals surface area contributed by atoms with Crippen molar-refractivity contribution >= 4 is 57.1 Å². The van der Waals surface area contributed by atoms with E-state index in [0.29, 0.717) is 28.6 Å². The third-order valence-electron chi connectivity index (χ3n) is 5.42. The summed E-state index contributed by atoms with van der Waals surface area (Å²) in [6.45, 7) is 4.15. The average Bonchev–Trinajstić information content (AvgIpc) is 2.79. The number of halogens is 2. The predicted molar refractivity (Wildman–Crippen MR) is 135 cm³/mol. The lowest BCUT2D eigenvalue weighted by Crippen LogP contribution is -2.54. The highest BCUT2D eigenvalue weighted by Crippen LogP contribution is 2.29. The Morgan fingerprint density at radius 3 is 2.38 bits per heavy atom. The second-order valence-corrected chi connectivity index (χ2v) is 9.15. The third-order valence-corrected chi connectivity index (χ3v) is 6.25. The zero-order valence-corrected chi connectivity index (χ0v) is 20.7. The van der Waals surface area contributed by atoms with Crippen LogP contribution >= 0.6 is 27.5 Å². The first kappa shape index (κ1) is 23.7. The van der Waals surface area contributed by atoms with Gasteiger partial charge in [0.1, 0.15) is 17.9 Å². The maximum atomic E-state index is 13.1. The quantitative estimate of drug-likeness (QED) is 0.320. The molecule has 0 atom stereocenters. The number of carbonyl (C=O) groups excluding carboxylic acids is 3. The van der Waals surface area contributed by atoms with E-state index in [1.54, 1.807) is 30.3 Å². The number of urea groups is 1. The monoisotopic (exact) mass is 538 g/mol. The highest BCUT2D eigenvalue weighted by molar-refractivity contribution is 9.10. The van der Waals surface area contributed by atoms with Crippen molar-refractivity contribution in [3.63, 3.8) is 0 Å². The van der Waals surface area contributed by atoms with Crippen LogP contribution in [0.15, 0.2) is 70.7 Å². The van der Waals surface area contributed by atoms with Gasteiger partial charge in [-0.15, -0.1) is 0 Å². The number of imide groups is 2. The average molecular weight is 540 g/mol. The fourth-order valence-electron chi connectivity index (χ4n) is 3.39. The van der Waals surface area contributed by atoms with Gasteiger partial charge in [0.2, 0.25) is 0 Å². The summed E-state index contributed by atoms with van der Waals surface area (Å²) in [7, 11) is 0. The minimum Gasteiger partial charge on any atom is -0.487 e. The van der Waals surface area contributed by atoms with Crippen LogP contribution in [0.3, 0.4) is 0 Å². The summed E-state index contributed by atoms with van der Waals surface area (Å²) in [6, 6.07) is 17.1. The van der Waals surface area contributed by atoms with Gasteiger partial charge in [-0.25, -0.2) is 9.69 Å². The Kier molecular flexibility index (Phi) is 6.86. The molecule has 0 radical (unpaired) electrons. The van der Waals surface area contributed by atoms with Crippen LogP contribution in [0, 0.1) is 13.8 Å². The Bertz CT molecular complexity index is 1340. The molecule has 172 valence electrons. The molecule has 6 nitrogen and oxygen atoms in total. The molecular weight excluding hydrogens is 520 g/mol. The normalized spacial score (nSPS) is 15.0. The van der Waals surface area contributed by atoms with Crippen molar-refractivity contribution in [1.82, 2.24) is 5.32 Å². The van der Waals surface area contributed by atoms with E-state index in [1.165, 1.54) is 6.08 Å². The number of amides is 4. The second kappa shape index (κ2) is 9.83. The van der Waals surface area contributed by atoms with Crippen molar-refractivity contribution in [2.45, 2.75) is 20.5 Å². The van der Waals surface area contributed by atoms with Gasteiger partial charge in [0.15, 0.2) is 0 Å². The molecule has 1 N–H and O–H groups in total. The van der Waals surface area contributed by atoms with Crippen molar-refractivity contribution in [1.29, 1.82) is 0 Å². The smallest absolute Gasteiger partial charge is 0.335 e. The number of hydrogen-bond acceptors (Lipinski definition) is 4. The van der Waals surface area contributed by atoms with Crippen LogP contribution < -0.4 is 15.0 Å². The molecule has 0 bridgehead atoms. The largest absolute Gasteiger partial charge is 0.487 e. The SMILES string of the molecule is Cc1ccc(N2C(=O)NC(=O)/C(=C\c3ccc(OCc4ccc(Br)cc4)c(Cl)c3)C2=O)cc1C. The molecule has 0 spiro atoms. The van der Waals surface area contributed by atoms with Crippen molar-refractivity contribution < 1.29 is 19.1 Å². The highest BCUT2D eigenvalue weighted by atomic mass is 79.9. The molecule has 0 saturated carbocycles. The lowest BCUT2D eigenvalue weighted by atomic mass is 10.0. The van der Waals surface area contributed by atoms with Gasteiger partial charge in [0.05, 0.1) is 10.7 Å². The van der Waals surface area contributed by atoms with E-state index in [-0.39, 0.29) is 5.57 Å². The van der Waals surface area contributed by atoms with E-state index >= 15 is 0 Å². The van der Waals surface area contributed by atoms with Gasteiger partial charge in [-0.2, -0.15) is 0 Å². The standard InChI is InChI=1S/C26H20BrClN2O4/c1-15-3-9-20(11-16(15)2)30-25(32)21(24(31)29-26(30)33)12-18-6-10-23(22(28)13-18)34-14-17-4-7-19(27)8-5-17/h3-13H,14H2,1-2H3,(H,29,31,33)/b21-12+. The summed E-state index contributed by atoms with van der Waals surface area (Å²) in [4.78, 5) is 38.9. The molecule has 1 heterocycles. The Morgan fingerprint density at radius 1 is 0.971 bits per heavy atom. The van der Waals surface area contributed by atoms with Crippen molar-refractivity contribution in [3.05, 3.63) is 98.0 Å². The number of nitrogens with one attached hydrogen (secondary N) is 1. The van der Waals surface area contributed by atoms with E-state index < -0.39 is 17.8 Å². The first-order valence-corrected chi connectivity index (χ1v) is 11.6. The molecule has 4 rings (SSSR count). The molecule has 3 aromatic carbocycles. The maximum absolute atomic E-state index is 13.1. The molecule has 3 aromatic rings. The van der Waals surface area contributed by atoms with E-state index in [1.807, 2.05) is 44.2 Å². The summed E-state index contributed by atoms with van der Waals surface area (Å²) in [5, 5.41) is 2.56. The van der Waals surface area contributed by atoms with Gasteiger partial charge in [-0.3, -0.25) is 14.9 Å².